The van der Waals surface area contributed by atoms with E-state index in [0.29, 0.717) is 37.9 Å². The van der Waals surface area contributed by atoms with Crippen LogP contribution < -0.4 is 10.6 Å². The Morgan fingerprint density at radius 2 is 1.82 bits per heavy atom. The molecule has 208 valence electrons. The van der Waals surface area contributed by atoms with Crippen molar-refractivity contribution in [2.24, 2.45) is 0 Å². The Labute approximate surface area is 221 Å². The minimum Gasteiger partial charge on any atom is -0.461 e. The first-order valence-corrected chi connectivity index (χ1v) is 12.6. The summed E-state index contributed by atoms with van der Waals surface area (Å²) in [6.07, 6.45) is -1.98. The quantitative estimate of drug-likeness (QED) is 0.142. The summed E-state index contributed by atoms with van der Waals surface area (Å²) in [5.41, 5.74) is -1.37. The molecule has 0 saturated heterocycles. The molecule has 2 N–H and O–H groups in total. The first-order valence-electron chi connectivity index (χ1n) is 12.6. The highest BCUT2D eigenvalue weighted by atomic mass is 19.4. The number of furan rings is 1. The van der Waals surface area contributed by atoms with Crippen LogP contribution in [0, 0.1) is 10.1 Å². The number of carbonyl (C=O) groups excluding carboxylic acids is 2. The normalized spacial score (nSPS) is 17.6. The third kappa shape index (κ3) is 7.56. The molecule has 1 fully saturated rings. The first-order chi connectivity index (χ1) is 18.6. The highest BCUT2D eigenvalue weighted by Gasteiger charge is 2.38. The average Bonchev–Trinajstić information content (AvgIpc) is 3.33. The van der Waals surface area contributed by atoms with E-state index in [-0.39, 0.29) is 37.4 Å². The largest absolute Gasteiger partial charge is 0.461 e. The second-order valence-corrected chi connectivity index (χ2v) is 9.41. The lowest BCUT2D eigenvalue weighted by molar-refractivity contribution is -0.388. The number of rotatable bonds is 11. The van der Waals surface area contributed by atoms with Crippen LogP contribution in [0.15, 0.2) is 52.9 Å². The Kier molecular flexibility index (Phi) is 8.85. The van der Waals surface area contributed by atoms with Gasteiger partial charge in [0, 0.05) is 42.6 Å². The zero-order valence-electron chi connectivity index (χ0n) is 21.0. The predicted molar refractivity (Wildman–Crippen MR) is 136 cm³/mol. The number of nitro benzene ring substituents is 1. The monoisotopic (exact) mass is 547 g/mol. The van der Waals surface area contributed by atoms with Gasteiger partial charge in [-0.3, -0.25) is 19.7 Å². The molecular weight excluding hydrogens is 519 g/mol. The second kappa shape index (κ2) is 12.3. The highest BCUT2D eigenvalue weighted by Crippen LogP contribution is 2.38. The molecule has 0 bridgehead atoms. The zero-order valence-corrected chi connectivity index (χ0v) is 21.0. The van der Waals surface area contributed by atoms with E-state index < -0.39 is 34.0 Å². The molecule has 0 spiro atoms. The van der Waals surface area contributed by atoms with Crippen LogP contribution in [0.3, 0.4) is 0 Å². The van der Waals surface area contributed by atoms with Gasteiger partial charge in [-0.05, 0) is 49.9 Å². The number of amides is 1. The van der Waals surface area contributed by atoms with Gasteiger partial charge < -0.3 is 19.8 Å². The molecule has 1 amide bonds. The second-order valence-electron chi connectivity index (χ2n) is 9.41. The van der Waals surface area contributed by atoms with Gasteiger partial charge in [-0.25, -0.2) is 0 Å². The molecule has 4 rings (SSSR count). The lowest BCUT2D eigenvalue weighted by Gasteiger charge is -2.30. The Morgan fingerprint density at radius 1 is 1.08 bits per heavy atom. The van der Waals surface area contributed by atoms with E-state index in [4.69, 9.17) is 9.15 Å². The molecule has 0 unspecified atom stereocenters. The smallest absolute Gasteiger partial charge is 0.423 e. The fraction of sp³-hybridized carbons (Fsp3) is 0.407. The minimum atomic E-state index is -4.83. The van der Waals surface area contributed by atoms with Gasteiger partial charge >= 0.3 is 6.18 Å². The fourth-order valence-electron chi connectivity index (χ4n) is 4.62. The molecule has 12 heteroatoms. The lowest BCUT2D eigenvalue weighted by Crippen LogP contribution is -2.35. The molecule has 0 atom stereocenters. The number of fused-ring (bicyclic) bond motifs is 1. The van der Waals surface area contributed by atoms with Crippen LogP contribution in [0.1, 0.15) is 43.4 Å². The number of nitrogens with zero attached hydrogens (tertiary/aromatic N) is 1. The van der Waals surface area contributed by atoms with E-state index in [1.807, 2.05) is 30.3 Å². The van der Waals surface area contributed by atoms with Crippen molar-refractivity contribution in [2.75, 3.05) is 18.5 Å². The molecule has 1 aliphatic rings. The number of hydrogen-bond donors (Lipinski definition) is 2. The number of para-hydroxylation sites is 1. The van der Waals surface area contributed by atoms with Crippen molar-refractivity contribution in [3.05, 3.63) is 70.0 Å². The van der Waals surface area contributed by atoms with E-state index in [1.54, 1.807) is 0 Å². The van der Waals surface area contributed by atoms with Gasteiger partial charge in [0.15, 0.2) is 0 Å². The number of hydrogen-bond acceptors (Lipinski definition) is 7. The number of ketones is 1. The van der Waals surface area contributed by atoms with E-state index >= 15 is 0 Å². The lowest BCUT2D eigenvalue weighted by atomic mass is 9.92. The van der Waals surface area contributed by atoms with Crippen LogP contribution in [0.25, 0.3) is 11.0 Å². The number of nitro groups is 1. The summed E-state index contributed by atoms with van der Waals surface area (Å²) in [5, 5.41) is 17.4. The Hall–Kier alpha value is -3.93. The van der Waals surface area contributed by atoms with Gasteiger partial charge in [-0.15, -0.1) is 0 Å². The third-order valence-corrected chi connectivity index (χ3v) is 6.61. The summed E-state index contributed by atoms with van der Waals surface area (Å²) in [6, 6.07) is 12.1. The van der Waals surface area contributed by atoms with Gasteiger partial charge in [0.05, 0.1) is 17.6 Å². The number of halogens is 3. The summed E-state index contributed by atoms with van der Waals surface area (Å²) in [6.45, 7) is 0.402. The Balaban J connectivity index is 1.13. The molecular formula is C27H28F3N3O6. The molecule has 1 heterocycles. The van der Waals surface area contributed by atoms with Gasteiger partial charge in [-0.1, -0.05) is 18.2 Å². The van der Waals surface area contributed by atoms with Gasteiger partial charge in [0.25, 0.3) is 11.6 Å². The van der Waals surface area contributed by atoms with Crippen molar-refractivity contribution in [1.29, 1.82) is 0 Å². The van der Waals surface area contributed by atoms with Crippen molar-refractivity contribution >= 4 is 34.0 Å². The van der Waals surface area contributed by atoms with Crippen LogP contribution in [-0.2, 0) is 26.9 Å². The SMILES string of the molecule is O=C(CCc1cc2ccccc2o1)C(=O)NCCOC1CCC(Nc2ccc([N+](=O)[O-])c(C(F)(F)F)c2)CC1. The van der Waals surface area contributed by atoms with E-state index in [0.717, 1.165) is 23.1 Å². The number of benzene rings is 2. The number of carbonyl (C=O) groups is 2. The van der Waals surface area contributed by atoms with Crippen molar-refractivity contribution in [2.45, 2.75) is 56.8 Å². The summed E-state index contributed by atoms with van der Waals surface area (Å²) in [7, 11) is 0. The van der Waals surface area contributed by atoms with E-state index in [1.165, 1.54) is 6.07 Å². The Bertz CT molecular complexity index is 1300. The number of anilines is 1. The molecule has 39 heavy (non-hydrogen) atoms. The maximum absolute atomic E-state index is 13.2. The van der Waals surface area contributed by atoms with Crippen LogP contribution in [0.2, 0.25) is 0 Å². The minimum absolute atomic E-state index is 0.0305. The van der Waals surface area contributed by atoms with Crippen LogP contribution in [0.4, 0.5) is 24.5 Å². The number of ether oxygens (including phenoxy) is 1. The van der Waals surface area contributed by atoms with Crippen LogP contribution in [0.5, 0.6) is 0 Å². The van der Waals surface area contributed by atoms with Gasteiger partial charge in [-0.2, -0.15) is 13.2 Å². The zero-order chi connectivity index (χ0) is 28.0. The molecule has 1 aromatic heterocycles. The highest BCUT2D eigenvalue weighted by molar-refractivity contribution is 6.36. The molecule has 1 saturated carbocycles. The van der Waals surface area contributed by atoms with Gasteiger partial charge in [0.2, 0.25) is 5.78 Å². The van der Waals surface area contributed by atoms with E-state index in [9.17, 15) is 32.9 Å². The average molecular weight is 548 g/mol. The summed E-state index contributed by atoms with van der Waals surface area (Å²) in [5.74, 6) is -0.578. The fourth-order valence-corrected chi connectivity index (χ4v) is 4.62. The number of aryl methyl sites for hydroxylation is 1. The summed E-state index contributed by atoms with van der Waals surface area (Å²) >= 11 is 0. The first kappa shape index (κ1) is 28.1. The molecule has 3 aromatic rings. The molecule has 2 aromatic carbocycles. The van der Waals surface area contributed by atoms with Gasteiger partial charge in [0.1, 0.15) is 16.9 Å². The van der Waals surface area contributed by atoms with E-state index in [2.05, 4.69) is 10.6 Å². The molecule has 9 nitrogen and oxygen atoms in total. The van der Waals surface area contributed by atoms with Crippen molar-refractivity contribution in [1.82, 2.24) is 5.32 Å². The number of nitrogens with one attached hydrogen (secondary N) is 2. The molecule has 0 radical (unpaired) electrons. The number of Topliss-reactive ketones (excluding diaryl/α,β-unsaturated/α-hetero) is 1. The maximum Gasteiger partial charge on any atom is 0.423 e. The Morgan fingerprint density at radius 3 is 2.51 bits per heavy atom. The number of alkyl halides is 3. The molecule has 0 aliphatic heterocycles. The summed E-state index contributed by atoms with van der Waals surface area (Å²) in [4.78, 5) is 34.1. The standard InChI is InChI=1S/C27H28F3N3O6/c28-27(29,30)22-16-19(7-11-23(22)33(36)37)32-18-5-8-20(9-6-18)38-14-13-31-26(35)24(34)12-10-21-15-17-3-1-2-4-25(17)39-21/h1-4,7,11,15-16,18,20,32H,5-6,8-10,12-14H2,(H,31,35). The van der Waals surface area contributed by atoms with Crippen molar-refractivity contribution in [3.63, 3.8) is 0 Å². The third-order valence-electron chi connectivity index (χ3n) is 6.61. The van der Waals surface area contributed by atoms with Crippen molar-refractivity contribution in [3.8, 4) is 0 Å². The van der Waals surface area contributed by atoms with Crippen molar-refractivity contribution < 1.29 is 36.8 Å². The molecule has 1 aliphatic carbocycles. The predicted octanol–water partition coefficient (Wildman–Crippen LogP) is 5.42. The topological polar surface area (TPSA) is 124 Å². The van der Waals surface area contributed by atoms with Crippen LogP contribution >= 0.6 is 0 Å². The maximum atomic E-state index is 13.2. The summed E-state index contributed by atoms with van der Waals surface area (Å²) < 4.78 is 51.1. The van der Waals surface area contributed by atoms with Crippen LogP contribution in [-0.4, -0.2) is 41.9 Å².